The predicted octanol–water partition coefficient (Wildman–Crippen LogP) is 3.72. The molecule has 1 N–H and O–H groups in total. The second kappa shape index (κ2) is 7.66. The molecule has 1 aliphatic heterocycles. The van der Waals surface area contributed by atoms with Crippen molar-refractivity contribution in [2.45, 2.75) is 36.8 Å². The van der Waals surface area contributed by atoms with E-state index in [2.05, 4.69) is 19.2 Å². The Labute approximate surface area is 128 Å². The van der Waals surface area contributed by atoms with Crippen LogP contribution in [-0.2, 0) is 6.42 Å². The van der Waals surface area contributed by atoms with Crippen molar-refractivity contribution in [3.63, 3.8) is 0 Å². The number of hydrogen-bond acceptors (Lipinski definition) is 3. The van der Waals surface area contributed by atoms with E-state index in [0.717, 1.165) is 12.3 Å². The number of nitrogens with one attached hydrogen (secondary N) is 1. The lowest BCUT2D eigenvalue weighted by molar-refractivity contribution is 0.486. The topological polar surface area (TPSA) is 12.0 Å². The molecule has 0 radical (unpaired) electrons. The molecular formula is C15H21F2NS2. The average Bonchev–Trinajstić information content (AvgIpc) is 2.43. The van der Waals surface area contributed by atoms with Gasteiger partial charge in [0.1, 0.15) is 11.6 Å². The van der Waals surface area contributed by atoms with Crippen LogP contribution in [0.5, 0.6) is 0 Å². The van der Waals surface area contributed by atoms with Crippen LogP contribution in [0.15, 0.2) is 18.2 Å². The van der Waals surface area contributed by atoms with Crippen molar-refractivity contribution in [3.05, 3.63) is 35.4 Å². The number of thioether (sulfide) groups is 2. The fourth-order valence-corrected chi connectivity index (χ4v) is 5.56. The SMILES string of the molecule is CCNC(Cc1cc(F)ccc1F)C1SCCSC1C. The van der Waals surface area contributed by atoms with E-state index in [1.165, 1.54) is 24.0 Å². The molecule has 5 heteroatoms. The van der Waals surface area contributed by atoms with Crippen molar-refractivity contribution < 1.29 is 8.78 Å². The summed E-state index contributed by atoms with van der Waals surface area (Å²) in [5, 5.41) is 4.43. The van der Waals surface area contributed by atoms with E-state index < -0.39 is 0 Å². The zero-order chi connectivity index (χ0) is 14.5. The van der Waals surface area contributed by atoms with Gasteiger partial charge in [0.2, 0.25) is 0 Å². The summed E-state index contributed by atoms with van der Waals surface area (Å²) in [6, 6.07) is 3.91. The number of hydrogen-bond donors (Lipinski definition) is 1. The van der Waals surface area contributed by atoms with Gasteiger partial charge in [0.15, 0.2) is 0 Å². The van der Waals surface area contributed by atoms with E-state index in [4.69, 9.17) is 0 Å². The van der Waals surface area contributed by atoms with E-state index >= 15 is 0 Å². The molecule has 1 heterocycles. The third-order valence-corrected chi connectivity index (χ3v) is 6.80. The van der Waals surface area contributed by atoms with Gasteiger partial charge in [-0.05, 0) is 36.7 Å². The molecule has 0 aliphatic carbocycles. The van der Waals surface area contributed by atoms with E-state index in [1.54, 1.807) is 0 Å². The highest BCUT2D eigenvalue weighted by Crippen LogP contribution is 2.34. The molecule has 3 atom stereocenters. The van der Waals surface area contributed by atoms with E-state index in [0.29, 0.717) is 22.5 Å². The average molecular weight is 317 g/mol. The highest BCUT2D eigenvalue weighted by Gasteiger charge is 2.30. The van der Waals surface area contributed by atoms with Crippen molar-refractivity contribution in [1.82, 2.24) is 5.32 Å². The van der Waals surface area contributed by atoms with Crippen molar-refractivity contribution in [3.8, 4) is 0 Å². The highest BCUT2D eigenvalue weighted by atomic mass is 32.2. The molecule has 1 aliphatic rings. The maximum absolute atomic E-state index is 13.8. The minimum Gasteiger partial charge on any atom is -0.313 e. The molecule has 2 rings (SSSR count). The fraction of sp³-hybridized carbons (Fsp3) is 0.600. The van der Waals surface area contributed by atoms with Crippen molar-refractivity contribution in [2.75, 3.05) is 18.1 Å². The maximum Gasteiger partial charge on any atom is 0.126 e. The van der Waals surface area contributed by atoms with Gasteiger partial charge in [0, 0.05) is 28.0 Å². The van der Waals surface area contributed by atoms with Crippen LogP contribution in [0.3, 0.4) is 0 Å². The van der Waals surface area contributed by atoms with Crippen LogP contribution in [0.1, 0.15) is 19.4 Å². The zero-order valence-corrected chi connectivity index (χ0v) is 13.5. The Morgan fingerprint density at radius 1 is 1.30 bits per heavy atom. The van der Waals surface area contributed by atoms with Crippen LogP contribution in [0, 0.1) is 11.6 Å². The zero-order valence-electron chi connectivity index (χ0n) is 11.9. The Kier molecular flexibility index (Phi) is 6.18. The first-order valence-corrected chi connectivity index (χ1v) is 9.12. The Morgan fingerprint density at radius 2 is 2.05 bits per heavy atom. The summed E-state index contributed by atoms with van der Waals surface area (Å²) in [6.07, 6.45) is 0.542. The van der Waals surface area contributed by atoms with Gasteiger partial charge in [-0.15, -0.1) is 0 Å². The first kappa shape index (κ1) is 16.1. The predicted molar refractivity (Wildman–Crippen MR) is 85.7 cm³/mol. The Hall–Kier alpha value is -0.260. The van der Waals surface area contributed by atoms with Gasteiger partial charge >= 0.3 is 0 Å². The molecule has 1 aromatic carbocycles. The summed E-state index contributed by atoms with van der Waals surface area (Å²) in [7, 11) is 0. The molecular weight excluding hydrogens is 296 g/mol. The van der Waals surface area contributed by atoms with Crippen molar-refractivity contribution in [1.29, 1.82) is 0 Å². The molecule has 1 aromatic rings. The minimum atomic E-state index is -0.365. The molecule has 1 nitrogen and oxygen atoms in total. The van der Waals surface area contributed by atoms with Gasteiger partial charge in [0.25, 0.3) is 0 Å². The summed E-state index contributed by atoms with van der Waals surface area (Å²) in [5.74, 6) is 1.63. The van der Waals surface area contributed by atoms with Gasteiger partial charge in [-0.25, -0.2) is 8.78 Å². The molecule has 20 heavy (non-hydrogen) atoms. The molecule has 0 saturated carbocycles. The van der Waals surface area contributed by atoms with Crippen LogP contribution in [0.25, 0.3) is 0 Å². The third kappa shape index (κ3) is 4.12. The Balaban J connectivity index is 2.13. The van der Waals surface area contributed by atoms with Crippen LogP contribution in [0.4, 0.5) is 8.78 Å². The van der Waals surface area contributed by atoms with Crippen LogP contribution < -0.4 is 5.32 Å². The fourth-order valence-electron chi connectivity index (χ4n) is 2.60. The van der Waals surface area contributed by atoms with Gasteiger partial charge in [-0.1, -0.05) is 13.8 Å². The number of benzene rings is 1. The van der Waals surface area contributed by atoms with Gasteiger partial charge < -0.3 is 5.32 Å². The first-order chi connectivity index (χ1) is 9.61. The molecule has 3 unspecified atom stereocenters. The van der Waals surface area contributed by atoms with Crippen LogP contribution in [-0.4, -0.2) is 34.6 Å². The quantitative estimate of drug-likeness (QED) is 0.889. The van der Waals surface area contributed by atoms with E-state index in [1.807, 2.05) is 23.5 Å². The summed E-state index contributed by atoms with van der Waals surface area (Å²) in [5.41, 5.74) is 0.472. The Bertz CT molecular complexity index is 442. The molecule has 112 valence electrons. The van der Waals surface area contributed by atoms with Gasteiger partial charge in [0.05, 0.1) is 0 Å². The lowest BCUT2D eigenvalue weighted by atomic mass is 10.0. The molecule has 0 aromatic heterocycles. The summed E-state index contributed by atoms with van der Waals surface area (Å²) >= 11 is 3.92. The van der Waals surface area contributed by atoms with E-state index in [9.17, 15) is 8.78 Å². The van der Waals surface area contributed by atoms with Crippen molar-refractivity contribution >= 4 is 23.5 Å². The van der Waals surface area contributed by atoms with Crippen LogP contribution >= 0.6 is 23.5 Å². The summed E-state index contributed by atoms with van der Waals surface area (Å²) in [4.78, 5) is 0. The third-order valence-electron chi connectivity index (χ3n) is 3.55. The van der Waals surface area contributed by atoms with Crippen LogP contribution in [0.2, 0.25) is 0 Å². The summed E-state index contributed by atoms with van der Waals surface area (Å²) in [6.45, 7) is 5.13. The molecule has 1 fully saturated rings. The lowest BCUT2D eigenvalue weighted by Crippen LogP contribution is -2.45. The minimum absolute atomic E-state index is 0.184. The van der Waals surface area contributed by atoms with Gasteiger partial charge in [-0.2, -0.15) is 23.5 Å². The Morgan fingerprint density at radius 3 is 2.75 bits per heavy atom. The molecule has 0 amide bonds. The smallest absolute Gasteiger partial charge is 0.126 e. The highest BCUT2D eigenvalue weighted by molar-refractivity contribution is 8.07. The van der Waals surface area contributed by atoms with Gasteiger partial charge in [-0.3, -0.25) is 0 Å². The number of halogens is 2. The normalized spacial score (nSPS) is 24.6. The second-order valence-corrected chi connectivity index (χ2v) is 7.79. The number of likely N-dealkylation sites (N-methyl/N-ethyl adjacent to an activating group) is 1. The summed E-state index contributed by atoms with van der Waals surface area (Å²) < 4.78 is 27.1. The molecule has 0 bridgehead atoms. The van der Waals surface area contributed by atoms with E-state index in [-0.39, 0.29) is 17.7 Å². The maximum atomic E-state index is 13.8. The lowest BCUT2D eigenvalue weighted by Gasteiger charge is -2.35. The van der Waals surface area contributed by atoms with Crippen molar-refractivity contribution in [2.24, 2.45) is 0 Å². The second-order valence-electron chi connectivity index (χ2n) is 5.02. The standard InChI is InChI=1S/C15H21F2NS2/c1-3-18-14(15-10(2)19-6-7-20-15)9-11-8-12(16)4-5-13(11)17/h4-5,8,10,14-15,18H,3,6-7,9H2,1-2H3. The molecule has 1 saturated heterocycles. The molecule has 0 spiro atoms. The first-order valence-electron chi connectivity index (χ1n) is 7.02. The number of rotatable bonds is 5. The largest absolute Gasteiger partial charge is 0.313 e. The monoisotopic (exact) mass is 317 g/mol.